The van der Waals surface area contributed by atoms with E-state index in [1.54, 1.807) is 43.8 Å². The molecule has 0 bridgehead atoms. The predicted molar refractivity (Wildman–Crippen MR) is 114 cm³/mol. The number of aliphatic hydroxyl groups excluding tert-OH is 1. The molecule has 7 heteroatoms. The minimum absolute atomic E-state index is 0.0856. The van der Waals surface area contributed by atoms with Crippen molar-refractivity contribution in [2.75, 3.05) is 34.3 Å². The molecule has 158 valence electrons. The molecule has 1 aliphatic heterocycles. The molecule has 1 N–H and O–H groups in total. The lowest BCUT2D eigenvalue weighted by atomic mass is 9.95. The van der Waals surface area contributed by atoms with Gasteiger partial charge in [0.2, 0.25) is 0 Å². The zero-order chi connectivity index (χ0) is 21.8. The van der Waals surface area contributed by atoms with Gasteiger partial charge in [0, 0.05) is 24.5 Å². The second kappa shape index (κ2) is 9.09. The largest absolute Gasteiger partial charge is 0.507 e. The molecule has 2 aromatic rings. The van der Waals surface area contributed by atoms with Crippen molar-refractivity contribution < 1.29 is 19.4 Å². The maximum atomic E-state index is 13.0. The lowest BCUT2D eigenvalue weighted by molar-refractivity contribution is -0.139. The van der Waals surface area contributed by atoms with Crippen molar-refractivity contribution in [1.29, 1.82) is 0 Å². The van der Waals surface area contributed by atoms with Gasteiger partial charge in [0.15, 0.2) is 0 Å². The average Bonchev–Trinajstić information content (AvgIpc) is 2.98. The number of nitrogens with zero attached hydrogens (tertiary/aromatic N) is 3. The second-order valence-electron chi connectivity index (χ2n) is 7.62. The average molecular weight is 409 g/mol. The van der Waals surface area contributed by atoms with Gasteiger partial charge in [0.05, 0.1) is 18.7 Å². The van der Waals surface area contributed by atoms with E-state index in [1.165, 1.54) is 4.90 Å². The number of carbonyl (C=O) groups is 2. The number of hydrogen-bond acceptors (Lipinski definition) is 6. The van der Waals surface area contributed by atoms with E-state index in [9.17, 15) is 14.7 Å². The fourth-order valence-electron chi connectivity index (χ4n) is 3.73. The van der Waals surface area contributed by atoms with Crippen LogP contribution in [0.3, 0.4) is 0 Å². The first kappa shape index (κ1) is 21.5. The number of rotatable bonds is 7. The molecule has 0 spiro atoms. The fraction of sp³-hybridized carbons (Fsp3) is 0.348. The van der Waals surface area contributed by atoms with Crippen molar-refractivity contribution in [2.24, 2.45) is 0 Å². The topological polar surface area (TPSA) is 83.0 Å². The number of carbonyl (C=O) groups excluding carboxylic acids is 2. The van der Waals surface area contributed by atoms with Crippen LogP contribution in [0, 0.1) is 6.92 Å². The van der Waals surface area contributed by atoms with Gasteiger partial charge in [-0.3, -0.25) is 14.6 Å². The molecule has 1 saturated heterocycles. The highest BCUT2D eigenvalue weighted by Crippen LogP contribution is 2.39. The summed E-state index contributed by atoms with van der Waals surface area (Å²) in [5.41, 5.74) is 2.06. The summed E-state index contributed by atoms with van der Waals surface area (Å²) in [5.74, 6) is -0.795. The maximum Gasteiger partial charge on any atom is 0.295 e. The van der Waals surface area contributed by atoms with E-state index in [0.717, 1.165) is 12.1 Å². The van der Waals surface area contributed by atoms with Crippen LogP contribution in [0.5, 0.6) is 5.75 Å². The summed E-state index contributed by atoms with van der Waals surface area (Å²) in [6.07, 6.45) is 3.97. The predicted octanol–water partition coefficient (Wildman–Crippen LogP) is 2.77. The Bertz CT molecular complexity index is 970. The summed E-state index contributed by atoms with van der Waals surface area (Å²) in [5, 5.41) is 11.1. The molecular weight excluding hydrogens is 382 g/mol. The molecular formula is C23H27N3O4. The SMILES string of the molecule is COc1ccc(/C(O)=C2/C(=O)C(=O)N(CCCN(C)C)C2c2cccnc2)cc1C. The number of Topliss-reactive ketones (excluding diaryl/α,β-unsaturated/α-hetero) is 1. The summed E-state index contributed by atoms with van der Waals surface area (Å²) < 4.78 is 5.28. The van der Waals surface area contributed by atoms with Crippen molar-refractivity contribution in [2.45, 2.75) is 19.4 Å². The number of hydrogen-bond donors (Lipinski definition) is 1. The molecule has 1 fully saturated rings. The van der Waals surface area contributed by atoms with E-state index < -0.39 is 17.7 Å². The normalized spacial score (nSPS) is 18.3. The number of aliphatic hydroxyl groups is 1. The van der Waals surface area contributed by atoms with Crippen molar-refractivity contribution in [3.63, 3.8) is 0 Å². The smallest absolute Gasteiger partial charge is 0.295 e. The van der Waals surface area contributed by atoms with Gasteiger partial charge in [0.1, 0.15) is 11.5 Å². The molecule has 1 amide bonds. The van der Waals surface area contributed by atoms with Crippen LogP contribution in [0.2, 0.25) is 0 Å². The van der Waals surface area contributed by atoms with E-state index in [1.807, 2.05) is 32.0 Å². The first-order valence-corrected chi connectivity index (χ1v) is 9.83. The maximum absolute atomic E-state index is 13.0. The fourth-order valence-corrected chi connectivity index (χ4v) is 3.73. The minimum atomic E-state index is -0.681. The minimum Gasteiger partial charge on any atom is -0.507 e. The van der Waals surface area contributed by atoms with Crippen LogP contribution in [0.25, 0.3) is 5.76 Å². The standard InChI is InChI=1S/C23H27N3O4/c1-15-13-16(8-9-18(15)30-4)21(27)19-20(17-7-5-10-24-14-17)26(23(29)22(19)28)12-6-11-25(2)3/h5,7-10,13-14,20,27H,6,11-12H2,1-4H3/b21-19-. The van der Waals surface area contributed by atoms with Crippen LogP contribution in [-0.2, 0) is 9.59 Å². The lowest BCUT2D eigenvalue weighted by Crippen LogP contribution is -2.32. The second-order valence-corrected chi connectivity index (χ2v) is 7.62. The number of benzene rings is 1. The summed E-state index contributed by atoms with van der Waals surface area (Å²) in [6, 6.07) is 8.05. The zero-order valence-electron chi connectivity index (χ0n) is 17.8. The zero-order valence-corrected chi connectivity index (χ0v) is 17.8. The molecule has 1 atom stereocenters. The Morgan fingerprint density at radius 2 is 2.03 bits per heavy atom. The van der Waals surface area contributed by atoms with E-state index in [2.05, 4.69) is 4.98 Å². The van der Waals surface area contributed by atoms with Crippen LogP contribution in [0.1, 0.15) is 29.2 Å². The van der Waals surface area contributed by atoms with Crippen molar-refractivity contribution in [3.05, 3.63) is 65.0 Å². The van der Waals surface area contributed by atoms with Gasteiger partial charge in [-0.2, -0.15) is 0 Å². The Kier molecular flexibility index (Phi) is 6.52. The van der Waals surface area contributed by atoms with Gasteiger partial charge in [-0.25, -0.2) is 0 Å². The quantitative estimate of drug-likeness (QED) is 0.430. The molecule has 1 aromatic carbocycles. The Morgan fingerprint density at radius 3 is 2.63 bits per heavy atom. The van der Waals surface area contributed by atoms with E-state index in [-0.39, 0.29) is 11.3 Å². The van der Waals surface area contributed by atoms with Crippen molar-refractivity contribution in [1.82, 2.24) is 14.8 Å². The highest BCUT2D eigenvalue weighted by Gasteiger charge is 2.45. The van der Waals surface area contributed by atoms with E-state index in [4.69, 9.17) is 4.74 Å². The number of aryl methyl sites for hydroxylation is 1. The van der Waals surface area contributed by atoms with Crippen molar-refractivity contribution >= 4 is 17.4 Å². The van der Waals surface area contributed by atoms with Gasteiger partial charge in [-0.15, -0.1) is 0 Å². The molecule has 0 saturated carbocycles. The molecule has 0 radical (unpaired) electrons. The highest BCUT2D eigenvalue weighted by molar-refractivity contribution is 6.46. The molecule has 3 rings (SSSR count). The molecule has 7 nitrogen and oxygen atoms in total. The van der Waals surface area contributed by atoms with Crippen LogP contribution in [-0.4, -0.2) is 65.9 Å². The number of ether oxygens (including phenoxy) is 1. The summed E-state index contributed by atoms with van der Waals surface area (Å²) in [7, 11) is 5.49. The summed E-state index contributed by atoms with van der Waals surface area (Å²) >= 11 is 0. The van der Waals surface area contributed by atoms with Gasteiger partial charge in [-0.05, 0) is 69.4 Å². The number of methoxy groups -OCH3 is 1. The Labute approximate surface area is 176 Å². The Balaban J connectivity index is 2.08. The van der Waals surface area contributed by atoms with Crippen LogP contribution in [0.15, 0.2) is 48.3 Å². The molecule has 0 aliphatic carbocycles. The first-order chi connectivity index (χ1) is 14.3. The highest BCUT2D eigenvalue weighted by atomic mass is 16.5. The number of likely N-dealkylation sites (tertiary alicyclic amines) is 1. The third kappa shape index (κ3) is 4.21. The number of aromatic nitrogens is 1. The van der Waals surface area contributed by atoms with Crippen LogP contribution >= 0.6 is 0 Å². The van der Waals surface area contributed by atoms with Gasteiger partial charge >= 0.3 is 0 Å². The molecule has 1 aromatic heterocycles. The van der Waals surface area contributed by atoms with E-state index in [0.29, 0.717) is 29.8 Å². The first-order valence-electron chi connectivity index (χ1n) is 9.83. The van der Waals surface area contributed by atoms with Crippen LogP contribution < -0.4 is 4.74 Å². The number of pyridine rings is 1. The summed E-state index contributed by atoms with van der Waals surface area (Å²) in [4.78, 5) is 33.5. The van der Waals surface area contributed by atoms with Crippen LogP contribution in [0.4, 0.5) is 0 Å². The Morgan fingerprint density at radius 1 is 1.27 bits per heavy atom. The number of ketones is 1. The van der Waals surface area contributed by atoms with Crippen molar-refractivity contribution in [3.8, 4) is 5.75 Å². The molecule has 1 aliphatic rings. The third-order valence-electron chi connectivity index (χ3n) is 5.21. The van der Waals surface area contributed by atoms with Gasteiger partial charge in [-0.1, -0.05) is 6.07 Å². The lowest BCUT2D eigenvalue weighted by Gasteiger charge is -2.25. The molecule has 30 heavy (non-hydrogen) atoms. The Hall–Kier alpha value is -3.19. The third-order valence-corrected chi connectivity index (χ3v) is 5.21. The monoisotopic (exact) mass is 409 g/mol. The summed E-state index contributed by atoms with van der Waals surface area (Å²) in [6.45, 7) is 3.04. The van der Waals surface area contributed by atoms with Gasteiger partial charge < -0.3 is 19.6 Å². The molecule has 1 unspecified atom stereocenters. The molecule has 2 heterocycles. The van der Waals surface area contributed by atoms with Gasteiger partial charge in [0.25, 0.3) is 11.7 Å². The number of amides is 1. The van der Waals surface area contributed by atoms with E-state index >= 15 is 0 Å².